The molecule has 0 saturated heterocycles. The minimum absolute atomic E-state index is 0.138. The second kappa shape index (κ2) is 4.45. The lowest BCUT2D eigenvalue weighted by Gasteiger charge is -2.23. The molecule has 1 heterocycles. The fraction of sp³-hybridized carbons (Fsp3) is 0.583. The van der Waals surface area contributed by atoms with Crippen molar-refractivity contribution in [3.63, 3.8) is 0 Å². The molecule has 0 radical (unpaired) electrons. The van der Waals surface area contributed by atoms with Gasteiger partial charge in [0.2, 0.25) is 0 Å². The summed E-state index contributed by atoms with van der Waals surface area (Å²) in [6.45, 7) is 10.4. The number of nitrogens with zero attached hydrogens (tertiary/aromatic N) is 1. The van der Waals surface area contributed by atoms with Crippen molar-refractivity contribution in [2.45, 2.75) is 45.4 Å². The first-order valence-electron chi connectivity index (χ1n) is 5.19. The minimum atomic E-state index is 0.138. The molecule has 0 unspecified atom stereocenters. The maximum Gasteiger partial charge on any atom is 0.128 e. The predicted molar refractivity (Wildman–Crippen MR) is 59.1 cm³/mol. The van der Waals surface area contributed by atoms with E-state index < -0.39 is 0 Å². The fourth-order valence-electron chi connectivity index (χ4n) is 1.65. The van der Waals surface area contributed by atoms with Gasteiger partial charge in [-0.05, 0) is 17.9 Å². The molecule has 1 aromatic rings. The first kappa shape index (κ1) is 11.0. The third-order valence-electron chi connectivity index (χ3n) is 2.68. The SMILES string of the molecule is C=Cc1nocc1C(C)(C)CCCC. The summed E-state index contributed by atoms with van der Waals surface area (Å²) in [6, 6.07) is 0. The van der Waals surface area contributed by atoms with Crippen LogP contribution >= 0.6 is 0 Å². The topological polar surface area (TPSA) is 26.0 Å². The Kier molecular flexibility index (Phi) is 3.50. The van der Waals surface area contributed by atoms with E-state index in [4.69, 9.17) is 4.52 Å². The lowest BCUT2D eigenvalue weighted by Crippen LogP contribution is -2.17. The number of hydrogen-bond donors (Lipinski definition) is 0. The molecular formula is C12H19NO. The second-order valence-corrected chi connectivity index (χ2v) is 4.31. The Balaban J connectivity index is 2.85. The van der Waals surface area contributed by atoms with Crippen molar-refractivity contribution in [1.82, 2.24) is 5.16 Å². The van der Waals surface area contributed by atoms with E-state index in [1.165, 1.54) is 18.4 Å². The maximum atomic E-state index is 4.98. The van der Waals surface area contributed by atoms with Crippen molar-refractivity contribution >= 4 is 6.08 Å². The minimum Gasteiger partial charge on any atom is -0.364 e. The van der Waals surface area contributed by atoms with Crippen LogP contribution in [-0.4, -0.2) is 5.16 Å². The van der Waals surface area contributed by atoms with Crippen LogP contribution in [0, 0.1) is 0 Å². The monoisotopic (exact) mass is 193 g/mol. The van der Waals surface area contributed by atoms with Crippen molar-refractivity contribution in [2.24, 2.45) is 0 Å². The molecule has 0 atom stereocenters. The number of unbranched alkanes of at least 4 members (excludes halogenated alkanes) is 1. The third-order valence-corrected chi connectivity index (χ3v) is 2.68. The van der Waals surface area contributed by atoms with Gasteiger partial charge < -0.3 is 4.52 Å². The molecule has 0 fully saturated rings. The summed E-state index contributed by atoms with van der Waals surface area (Å²) in [5, 5.41) is 3.92. The van der Waals surface area contributed by atoms with Gasteiger partial charge in [-0.25, -0.2) is 0 Å². The smallest absolute Gasteiger partial charge is 0.128 e. The Hall–Kier alpha value is -1.05. The second-order valence-electron chi connectivity index (χ2n) is 4.31. The quantitative estimate of drug-likeness (QED) is 0.711. The highest BCUT2D eigenvalue weighted by molar-refractivity contribution is 5.47. The van der Waals surface area contributed by atoms with E-state index in [0.29, 0.717) is 0 Å². The molecule has 0 aromatic carbocycles. The van der Waals surface area contributed by atoms with E-state index in [1.54, 1.807) is 12.3 Å². The summed E-state index contributed by atoms with van der Waals surface area (Å²) >= 11 is 0. The van der Waals surface area contributed by atoms with Crippen LogP contribution in [0.15, 0.2) is 17.4 Å². The van der Waals surface area contributed by atoms with E-state index in [1.807, 2.05) is 0 Å². The van der Waals surface area contributed by atoms with Crippen molar-refractivity contribution in [1.29, 1.82) is 0 Å². The average Bonchev–Trinajstić information content (AvgIpc) is 2.63. The van der Waals surface area contributed by atoms with Gasteiger partial charge in [0.05, 0.1) is 0 Å². The highest BCUT2D eigenvalue weighted by atomic mass is 16.5. The number of aromatic nitrogens is 1. The maximum absolute atomic E-state index is 4.98. The van der Waals surface area contributed by atoms with Gasteiger partial charge in [0.15, 0.2) is 0 Å². The Morgan fingerprint density at radius 3 is 2.86 bits per heavy atom. The highest BCUT2D eigenvalue weighted by Gasteiger charge is 2.24. The van der Waals surface area contributed by atoms with E-state index in [-0.39, 0.29) is 5.41 Å². The van der Waals surface area contributed by atoms with Crippen LogP contribution in [0.2, 0.25) is 0 Å². The highest BCUT2D eigenvalue weighted by Crippen LogP contribution is 2.31. The van der Waals surface area contributed by atoms with Crippen LogP contribution in [0.25, 0.3) is 6.08 Å². The first-order valence-corrected chi connectivity index (χ1v) is 5.19. The van der Waals surface area contributed by atoms with Crippen LogP contribution in [0.5, 0.6) is 0 Å². The predicted octanol–water partition coefficient (Wildman–Crippen LogP) is 3.79. The van der Waals surface area contributed by atoms with E-state index >= 15 is 0 Å². The summed E-state index contributed by atoms with van der Waals surface area (Å²) < 4.78 is 4.98. The number of hydrogen-bond acceptors (Lipinski definition) is 2. The normalized spacial score (nSPS) is 11.6. The van der Waals surface area contributed by atoms with Gasteiger partial charge in [-0.1, -0.05) is 45.3 Å². The van der Waals surface area contributed by atoms with Crippen molar-refractivity contribution in [2.75, 3.05) is 0 Å². The lowest BCUT2D eigenvalue weighted by molar-refractivity contribution is 0.409. The van der Waals surface area contributed by atoms with Crippen LogP contribution < -0.4 is 0 Å². The Morgan fingerprint density at radius 1 is 1.57 bits per heavy atom. The van der Waals surface area contributed by atoms with Gasteiger partial charge in [-0.3, -0.25) is 0 Å². The molecule has 0 saturated carbocycles. The fourth-order valence-corrected chi connectivity index (χ4v) is 1.65. The van der Waals surface area contributed by atoms with Crippen LogP contribution in [-0.2, 0) is 5.41 Å². The summed E-state index contributed by atoms with van der Waals surface area (Å²) in [6.07, 6.45) is 7.11. The van der Waals surface area contributed by atoms with Crippen molar-refractivity contribution in [3.05, 3.63) is 24.1 Å². The van der Waals surface area contributed by atoms with Gasteiger partial charge in [0.25, 0.3) is 0 Å². The molecule has 0 aliphatic rings. The molecule has 0 bridgehead atoms. The largest absolute Gasteiger partial charge is 0.364 e. The summed E-state index contributed by atoms with van der Waals surface area (Å²) in [5.41, 5.74) is 2.19. The summed E-state index contributed by atoms with van der Waals surface area (Å²) in [4.78, 5) is 0. The molecular weight excluding hydrogens is 174 g/mol. The van der Waals surface area contributed by atoms with Gasteiger partial charge in [0, 0.05) is 5.56 Å². The molecule has 14 heavy (non-hydrogen) atoms. The molecule has 0 spiro atoms. The van der Waals surface area contributed by atoms with Gasteiger partial charge >= 0.3 is 0 Å². The van der Waals surface area contributed by atoms with Gasteiger partial charge in [0.1, 0.15) is 12.0 Å². The molecule has 78 valence electrons. The zero-order valence-electron chi connectivity index (χ0n) is 9.34. The molecule has 1 rings (SSSR count). The molecule has 0 aliphatic heterocycles. The van der Waals surface area contributed by atoms with Crippen LogP contribution in [0.3, 0.4) is 0 Å². The molecule has 1 aromatic heterocycles. The molecule has 0 N–H and O–H groups in total. The summed E-state index contributed by atoms with van der Waals surface area (Å²) in [5.74, 6) is 0. The third kappa shape index (κ3) is 2.25. The van der Waals surface area contributed by atoms with E-state index in [2.05, 4.69) is 32.5 Å². The van der Waals surface area contributed by atoms with Gasteiger partial charge in [-0.15, -0.1) is 0 Å². The zero-order valence-corrected chi connectivity index (χ0v) is 9.34. The molecule has 2 heteroatoms. The van der Waals surface area contributed by atoms with E-state index in [9.17, 15) is 0 Å². The Morgan fingerprint density at radius 2 is 2.29 bits per heavy atom. The van der Waals surface area contributed by atoms with Crippen molar-refractivity contribution in [3.8, 4) is 0 Å². The number of rotatable bonds is 5. The van der Waals surface area contributed by atoms with Crippen LogP contribution in [0.1, 0.15) is 51.3 Å². The Bertz CT molecular complexity index is 299. The zero-order chi connectivity index (χ0) is 10.6. The lowest BCUT2D eigenvalue weighted by atomic mass is 9.80. The van der Waals surface area contributed by atoms with Gasteiger partial charge in [-0.2, -0.15) is 0 Å². The molecule has 0 aliphatic carbocycles. The van der Waals surface area contributed by atoms with E-state index in [0.717, 1.165) is 12.1 Å². The van der Waals surface area contributed by atoms with Crippen LogP contribution in [0.4, 0.5) is 0 Å². The average molecular weight is 193 g/mol. The Labute approximate surface area is 86.0 Å². The first-order chi connectivity index (χ1) is 6.61. The molecule has 2 nitrogen and oxygen atoms in total. The standard InChI is InChI=1S/C12H19NO/c1-5-7-8-12(3,4)10-9-14-13-11(10)6-2/h6,9H,2,5,7-8H2,1,3-4H3. The molecule has 0 amide bonds. The summed E-state index contributed by atoms with van der Waals surface area (Å²) in [7, 11) is 0. The van der Waals surface area contributed by atoms with Crippen molar-refractivity contribution < 1.29 is 4.52 Å².